The lowest BCUT2D eigenvalue weighted by molar-refractivity contribution is 0.141. The number of fused-ring (bicyclic) bond motifs is 1. The highest BCUT2D eigenvalue weighted by molar-refractivity contribution is 5.82. The second kappa shape index (κ2) is 4.22. The number of rotatable bonds is 3. The maximum atomic E-state index is 4.99. The second-order valence-electron chi connectivity index (χ2n) is 3.30. The third kappa shape index (κ3) is 1.92. The van der Waals surface area contributed by atoms with E-state index in [9.17, 15) is 0 Å². The highest BCUT2D eigenvalue weighted by atomic mass is 16.6. The lowest BCUT2D eigenvalue weighted by atomic mass is 10.1. The minimum atomic E-state index is 0.568. The van der Waals surface area contributed by atoms with Crippen molar-refractivity contribution in [1.82, 2.24) is 0 Å². The lowest BCUT2D eigenvalue weighted by Gasteiger charge is -2.02. The Balaban J connectivity index is 2.32. The minimum absolute atomic E-state index is 0.568. The first-order valence-corrected chi connectivity index (χ1v) is 4.69. The molecule has 2 rings (SSSR count). The van der Waals surface area contributed by atoms with E-state index in [1.54, 1.807) is 0 Å². The van der Waals surface area contributed by atoms with Crippen LogP contribution >= 0.6 is 0 Å². The van der Waals surface area contributed by atoms with Crippen LogP contribution in [0, 0.1) is 0 Å². The van der Waals surface area contributed by atoms with Gasteiger partial charge in [-0.05, 0) is 22.8 Å². The van der Waals surface area contributed by atoms with E-state index in [1.807, 2.05) is 12.1 Å². The van der Waals surface area contributed by atoms with Crippen molar-refractivity contribution >= 4 is 10.8 Å². The van der Waals surface area contributed by atoms with Crippen molar-refractivity contribution in [3.63, 3.8) is 0 Å². The Morgan fingerprint density at radius 1 is 1.00 bits per heavy atom. The van der Waals surface area contributed by atoms with Crippen molar-refractivity contribution in [1.29, 1.82) is 0 Å². The molecule has 2 heteroatoms. The van der Waals surface area contributed by atoms with Crippen molar-refractivity contribution in [3.8, 4) is 0 Å². The van der Waals surface area contributed by atoms with Gasteiger partial charge in [-0.15, -0.1) is 0 Å². The van der Waals surface area contributed by atoms with Gasteiger partial charge in [0, 0.05) is 0 Å². The monoisotopic (exact) mass is 187 g/mol. The third-order valence-corrected chi connectivity index (χ3v) is 2.32. The van der Waals surface area contributed by atoms with Gasteiger partial charge in [-0.2, -0.15) is 0 Å². The van der Waals surface area contributed by atoms with Crippen LogP contribution in [-0.4, -0.2) is 6.61 Å². The van der Waals surface area contributed by atoms with Crippen LogP contribution in [-0.2, 0) is 11.3 Å². The van der Waals surface area contributed by atoms with E-state index in [0.29, 0.717) is 6.61 Å². The smallest absolute Gasteiger partial charge is 0.0719 e. The SMILES string of the molecule is NOCCc1ccc2ccccc2c1. The molecule has 0 saturated carbocycles. The van der Waals surface area contributed by atoms with Gasteiger partial charge in [-0.1, -0.05) is 42.5 Å². The van der Waals surface area contributed by atoms with Crippen molar-refractivity contribution in [2.24, 2.45) is 5.90 Å². The predicted molar refractivity (Wildman–Crippen MR) is 57.8 cm³/mol. The van der Waals surface area contributed by atoms with Gasteiger partial charge in [0.1, 0.15) is 0 Å². The zero-order valence-corrected chi connectivity index (χ0v) is 7.94. The van der Waals surface area contributed by atoms with Crippen LogP contribution in [0.15, 0.2) is 42.5 Å². The van der Waals surface area contributed by atoms with Gasteiger partial charge >= 0.3 is 0 Å². The van der Waals surface area contributed by atoms with Crippen LogP contribution in [0.2, 0.25) is 0 Å². The molecule has 14 heavy (non-hydrogen) atoms. The molecule has 0 unspecified atom stereocenters. The molecule has 0 aromatic heterocycles. The van der Waals surface area contributed by atoms with Gasteiger partial charge in [0.05, 0.1) is 6.61 Å². The standard InChI is InChI=1S/C12H13NO/c13-14-8-7-10-5-6-11-3-1-2-4-12(11)9-10/h1-6,9H,7-8,13H2. The maximum Gasteiger partial charge on any atom is 0.0719 e. The van der Waals surface area contributed by atoms with Crippen LogP contribution < -0.4 is 5.90 Å². The Labute approximate surface area is 83.3 Å². The summed E-state index contributed by atoms with van der Waals surface area (Å²) in [6, 6.07) is 14.7. The Morgan fingerprint density at radius 2 is 1.79 bits per heavy atom. The molecule has 72 valence electrons. The summed E-state index contributed by atoms with van der Waals surface area (Å²) in [5.41, 5.74) is 1.26. The van der Waals surface area contributed by atoms with Gasteiger partial charge in [-0.25, -0.2) is 5.90 Å². The van der Waals surface area contributed by atoms with Gasteiger partial charge < -0.3 is 4.84 Å². The number of hydrogen-bond acceptors (Lipinski definition) is 2. The first-order chi connectivity index (χ1) is 6.90. The molecule has 0 heterocycles. The summed E-state index contributed by atoms with van der Waals surface area (Å²) in [6.07, 6.45) is 0.862. The van der Waals surface area contributed by atoms with Crippen LogP contribution in [0.1, 0.15) is 5.56 Å². The molecule has 0 aliphatic rings. The van der Waals surface area contributed by atoms with E-state index in [1.165, 1.54) is 16.3 Å². The van der Waals surface area contributed by atoms with Gasteiger partial charge in [0.25, 0.3) is 0 Å². The zero-order chi connectivity index (χ0) is 9.80. The van der Waals surface area contributed by atoms with Crippen LogP contribution in [0.4, 0.5) is 0 Å². The van der Waals surface area contributed by atoms with Crippen LogP contribution in [0.5, 0.6) is 0 Å². The van der Waals surface area contributed by atoms with Crippen LogP contribution in [0.25, 0.3) is 10.8 Å². The molecular weight excluding hydrogens is 174 g/mol. The number of benzene rings is 2. The minimum Gasteiger partial charge on any atom is -0.304 e. The fraction of sp³-hybridized carbons (Fsp3) is 0.167. The van der Waals surface area contributed by atoms with Gasteiger partial charge in [-0.3, -0.25) is 0 Å². The predicted octanol–water partition coefficient (Wildman–Crippen LogP) is 2.27. The largest absolute Gasteiger partial charge is 0.304 e. The molecule has 0 atom stereocenters. The molecule has 0 amide bonds. The highest BCUT2D eigenvalue weighted by Gasteiger charge is 1.95. The molecule has 0 aliphatic carbocycles. The number of hydrogen-bond donors (Lipinski definition) is 1. The van der Waals surface area contributed by atoms with E-state index in [4.69, 9.17) is 5.90 Å². The van der Waals surface area contributed by atoms with E-state index in [2.05, 4.69) is 35.2 Å². The van der Waals surface area contributed by atoms with Crippen LogP contribution in [0.3, 0.4) is 0 Å². The fourth-order valence-electron chi connectivity index (χ4n) is 1.57. The average Bonchev–Trinajstić information content (AvgIpc) is 2.26. The lowest BCUT2D eigenvalue weighted by Crippen LogP contribution is -2.03. The summed E-state index contributed by atoms with van der Waals surface area (Å²) in [7, 11) is 0. The van der Waals surface area contributed by atoms with Crippen molar-refractivity contribution in [3.05, 3.63) is 48.0 Å². The third-order valence-electron chi connectivity index (χ3n) is 2.32. The molecule has 0 fully saturated rings. The fourth-order valence-corrected chi connectivity index (χ4v) is 1.57. The molecule has 0 bridgehead atoms. The first-order valence-electron chi connectivity index (χ1n) is 4.69. The Kier molecular flexibility index (Phi) is 2.77. The van der Waals surface area contributed by atoms with Crippen molar-refractivity contribution in [2.75, 3.05) is 6.61 Å². The highest BCUT2D eigenvalue weighted by Crippen LogP contribution is 2.15. The first kappa shape index (κ1) is 9.19. The Bertz CT molecular complexity index is 425. The van der Waals surface area contributed by atoms with E-state index in [0.717, 1.165) is 6.42 Å². The zero-order valence-electron chi connectivity index (χ0n) is 7.94. The molecule has 2 N–H and O–H groups in total. The van der Waals surface area contributed by atoms with E-state index < -0.39 is 0 Å². The quantitative estimate of drug-likeness (QED) is 0.748. The molecule has 0 radical (unpaired) electrons. The topological polar surface area (TPSA) is 35.2 Å². The summed E-state index contributed by atoms with van der Waals surface area (Å²) in [5.74, 6) is 4.99. The summed E-state index contributed by atoms with van der Waals surface area (Å²) in [4.78, 5) is 4.56. The normalized spacial score (nSPS) is 10.6. The maximum absolute atomic E-state index is 4.99. The Hall–Kier alpha value is -1.38. The second-order valence-corrected chi connectivity index (χ2v) is 3.30. The van der Waals surface area contributed by atoms with E-state index >= 15 is 0 Å². The van der Waals surface area contributed by atoms with Crippen molar-refractivity contribution < 1.29 is 4.84 Å². The molecule has 2 aromatic rings. The summed E-state index contributed by atoms with van der Waals surface area (Å²) in [5, 5.41) is 2.53. The van der Waals surface area contributed by atoms with Crippen molar-refractivity contribution in [2.45, 2.75) is 6.42 Å². The molecule has 0 spiro atoms. The average molecular weight is 187 g/mol. The van der Waals surface area contributed by atoms with E-state index in [-0.39, 0.29) is 0 Å². The summed E-state index contributed by atoms with van der Waals surface area (Å²) in [6.45, 7) is 0.568. The summed E-state index contributed by atoms with van der Waals surface area (Å²) >= 11 is 0. The molecule has 0 saturated heterocycles. The van der Waals surface area contributed by atoms with Gasteiger partial charge in [0.15, 0.2) is 0 Å². The Morgan fingerprint density at radius 3 is 2.57 bits per heavy atom. The molecule has 0 aliphatic heterocycles. The molecule has 2 aromatic carbocycles. The molecule has 2 nitrogen and oxygen atoms in total. The summed E-state index contributed by atoms with van der Waals surface area (Å²) < 4.78 is 0. The number of nitrogens with two attached hydrogens (primary N) is 1. The van der Waals surface area contributed by atoms with Gasteiger partial charge in [0.2, 0.25) is 0 Å². The molecular formula is C12H13NO.